The van der Waals surface area contributed by atoms with Gasteiger partial charge in [0.2, 0.25) is 0 Å². The first kappa shape index (κ1) is 14.4. The largest absolute Gasteiger partial charge is 0.369 e. The van der Waals surface area contributed by atoms with Gasteiger partial charge in [-0.1, -0.05) is 31.9 Å². The van der Waals surface area contributed by atoms with Crippen LogP contribution in [-0.4, -0.2) is 37.6 Å². The molecule has 0 radical (unpaired) electrons. The van der Waals surface area contributed by atoms with Gasteiger partial charge in [-0.25, -0.2) is 0 Å². The topological polar surface area (TPSA) is 6.48 Å². The molecule has 0 unspecified atom stereocenters. The number of nitrogens with zero attached hydrogens (tertiary/aromatic N) is 2. The van der Waals surface area contributed by atoms with Crippen molar-refractivity contribution < 1.29 is 0 Å². The molecule has 1 aromatic carbocycles. The highest BCUT2D eigenvalue weighted by Gasteiger charge is 2.18. The molecular formula is C17H28N2. The van der Waals surface area contributed by atoms with Crippen molar-refractivity contribution in [3.63, 3.8) is 0 Å². The molecule has 1 saturated heterocycles. The lowest BCUT2D eigenvalue weighted by molar-refractivity contribution is 0.252. The molecule has 2 rings (SSSR count). The second-order valence-electron chi connectivity index (χ2n) is 5.75. The fourth-order valence-corrected chi connectivity index (χ4v) is 2.88. The van der Waals surface area contributed by atoms with Crippen LogP contribution in [0.4, 0.5) is 5.69 Å². The third-order valence-electron chi connectivity index (χ3n) is 4.37. The van der Waals surface area contributed by atoms with Crippen LogP contribution in [0.1, 0.15) is 37.3 Å². The summed E-state index contributed by atoms with van der Waals surface area (Å²) in [7, 11) is 0. The highest BCUT2D eigenvalue weighted by Crippen LogP contribution is 2.23. The number of aryl methyl sites for hydroxylation is 1. The van der Waals surface area contributed by atoms with Crippen molar-refractivity contribution in [2.24, 2.45) is 0 Å². The Morgan fingerprint density at radius 3 is 2.42 bits per heavy atom. The van der Waals surface area contributed by atoms with Crippen LogP contribution in [0.15, 0.2) is 18.2 Å². The van der Waals surface area contributed by atoms with Gasteiger partial charge in [-0.15, -0.1) is 0 Å². The Kier molecular flexibility index (Phi) is 5.26. The van der Waals surface area contributed by atoms with Crippen LogP contribution in [0, 0.1) is 13.8 Å². The van der Waals surface area contributed by atoms with E-state index in [2.05, 4.69) is 48.8 Å². The molecule has 0 spiro atoms. The summed E-state index contributed by atoms with van der Waals surface area (Å²) in [5, 5.41) is 0. The van der Waals surface area contributed by atoms with E-state index in [-0.39, 0.29) is 0 Å². The van der Waals surface area contributed by atoms with Gasteiger partial charge in [0.25, 0.3) is 0 Å². The number of anilines is 1. The zero-order valence-electron chi connectivity index (χ0n) is 12.8. The third-order valence-corrected chi connectivity index (χ3v) is 4.37. The molecule has 1 fully saturated rings. The van der Waals surface area contributed by atoms with Gasteiger partial charge in [-0.3, -0.25) is 4.90 Å². The molecule has 0 amide bonds. The molecule has 2 heteroatoms. The lowest BCUT2D eigenvalue weighted by Crippen LogP contribution is -2.46. The minimum atomic E-state index is 1.18. The maximum absolute atomic E-state index is 2.62. The van der Waals surface area contributed by atoms with Crippen LogP contribution in [0.25, 0.3) is 0 Å². The number of unbranched alkanes of at least 4 members (excludes halogenated alkanes) is 2. The number of rotatable bonds is 5. The first-order chi connectivity index (χ1) is 9.22. The Morgan fingerprint density at radius 1 is 1.00 bits per heavy atom. The second-order valence-corrected chi connectivity index (χ2v) is 5.75. The summed E-state index contributed by atoms with van der Waals surface area (Å²) >= 11 is 0. The maximum atomic E-state index is 2.62. The first-order valence-electron chi connectivity index (χ1n) is 7.76. The monoisotopic (exact) mass is 260 g/mol. The van der Waals surface area contributed by atoms with Crippen LogP contribution < -0.4 is 4.90 Å². The van der Waals surface area contributed by atoms with Gasteiger partial charge in [0.1, 0.15) is 0 Å². The SMILES string of the molecule is CCCCCN1CCN(c2cccc(C)c2C)CC1. The summed E-state index contributed by atoms with van der Waals surface area (Å²) < 4.78 is 0. The van der Waals surface area contributed by atoms with Gasteiger partial charge in [-0.2, -0.15) is 0 Å². The molecule has 0 atom stereocenters. The zero-order chi connectivity index (χ0) is 13.7. The summed E-state index contributed by atoms with van der Waals surface area (Å²) in [6.45, 7) is 12.8. The van der Waals surface area contributed by atoms with Gasteiger partial charge in [0, 0.05) is 31.9 Å². The zero-order valence-corrected chi connectivity index (χ0v) is 12.8. The quantitative estimate of drug-likeness (QED) is 0.746. The van der Waals surface area contributed by atoms with E-state index in [4.69, 9.17) is 0 Å². The summed E-state index contributed by atoms with van der Waals surface area (Å²) in [5.74, 6) is 0. The Bertz CT molecular complexity index is 392. The van der Waals surface area contributed by atoms with E-state index in [1.54, 1.807) is 0 Å². The van der Waals surface area contributed by atoms with Crippen molar-refractivity contribution in [3.05, 3.63) is 29.3 Å². The molecule has 1 aromatic rings. The van der Waals surface area contributed by atoms with Crippen molar-refractivity contribution in [2.75, 3.05) is 37.6 Å². The highest BCUT2D eigenvalue weighted by molar-refractivity contribution is 5.56. The summed E-state index contributed by atoms with van der Waals surface area (Å²) in [5.41, 5.74) is 4.29. The smallest absolute Gasteiger partial charge is 0.0399 e. The fourth-order valence-electron chi connectivity index (χ4n) is 2.88. The predicted octanol–water partition coefficient (Wildman–Crippen LogP) is 3.62. The Labute approximate surface area is 118 Å². The van der Waals surface area contributed by atoms with Gasteiger partial charge < -0.3 is 4.90 Å². The van der Waals surface area contributed by atoms with Crippen LogP contribution in [0.2, 0.25) is 0 Å². The molecule has 0 aromatic heterocycles. The van der Waals surface area contributed by atoms with E-state index < -0.39 is 0 Å². The lowest BCUT2D eigenvalue weighted by Gasteiger charge is -2.37. The first-order valence-corrected chi connectivity index (χ1v) is 7.76. The number of hydrogen-bond donors (Lipinski definition) is 0. The molecule has 0 saturated carbocycles. The minimum absolute atomic E-state index is 1.18. The fraction of sp³-hybridized carbons (Fsp3) is 0.647. The molecule has 2 nitrogen and oxygen atoms in total. The maximum Gasteiger partial charge on any atom is 0.0399 e. The molecule has 19 heavy (non-hydrogen) atoms. The predicted molar refractivity (Wildman–Crippen MR) is 84.1 cm³/mol. The lowest BCUT2D eigenvalue weighted by atomic mass is 10.1. The van der Waals surface area contributed by atoms with E-state index in [1.165, 1.54) is 68.8 Å². The molecule has 1 aliphatic heterocycles. The van der Waals surface area contributed by atoms with Crippen LogP contribution >= 0.6 is 0 Å². The number of hydrogen-bond acceptors (Lipinski definition) is 2. The van der Waals surface area contributed by atoms with Crippen LogP contribution in [-0.2, 0) is 0 Å². The molecule has 0 bridgehead atoms. The average Bonchev–Trinajstić information content (AvgIpc) is 2.43. The summed E-state index contributed by atoms with van der Waals surface area (Å²) in [6.07, 6.45) is 4.06. The van der Waals surface area contributed by atoms with Gasteiger partial charge in [0.05, 0.1) is 0 Å². The van der Waals surface area contributed by atoms with Crippen molar-refractivity contribution in [2.45, 2.75) is 40.0 Å². The number of benzene rings is 1. The van der Waals surface area contributed by atoms with E-state index in [9.17, 15) is 0 Å². The van der Waals surface area contributed by atoms with Gasteiger partial charge >= 0.3 is 0 Å². The van der Waals surface area contributed by atoms with Gasteiger partial charge in [-0.05, 0) is 44.0 Å². The molecule has 1 heterocycles. The van der Waals surface area contributed by atoms with Crippen molar-refractivity contribution in [3.8, 4) is 0 Å². The minimum Gasteiger partial charge on any atom is -0.369 e. The molecular weight excluding hydrogens is 232 g/mol. The van der Waals surface area contributed by atoms with E-state index in [0.717, 1.165) is 0 Å². The van der Waals surface area contributed by atoms with E-state index >= 15 is 0 Å². The molecule has 0 aliphatic carbocycles. The van der Waals surface area contributed by atoms with Gasteiger partial charge in [0.15, 0.2) is 0 Å². The van der Waals surface area contributed by atoms with Crippen molar-refractivity contribution >= 4 is 5.69 Å². The van der Waals surface area contributed by atoms with E-state index in [1.807, 2.05) is 0 Å². The van der Waals surface area contributed by atoms with Crippen LogP contribution in [0.5, 0.6) is 0 Å². The summed E-state index contributed by atoms with van der Waals surface area (Å²) in [4.78, 5) is 5.18. The second kappa shape index (κ2) is 6.95. The third kappa shape index (κ3) is 3.73. The number of piperazine rings is 1. The van der Waals surface area contributed by atoms with Crippen molar-refractivity contribution in [1.29, 1.82) is 0 Å². The summed E-state index contributed by atoms with van der Waals surface area (Å²) in [6, 6.07) is 6.67. The molecule has 1 aliphatic rings. The average molecular weight is 260 g/mol. The van der Waals surface area contributed by atoms with Crippen molar-refractivity contribution in [1.82, 2.24) is 4.90 Å². The Hall–Kier alpha value is -1.02. The molecule has 106 valence electrons. The Morgan fingerprint density at radius 2 is 1.74 bits per heavy atom. The normalized spacial score (nSPS) is 16.9. The highest BCUT2D eigenvalue weighted by atomic mass is 15.3. The van der Waals surface area contributed by atoms with E-state index in [0.29, 0.717) is 0 Å². The molecule has 0 N–H and O–H groups in total. The van der Waals surface area contributed by atoms with Crippen LogP contribution in [0.3, 0.4) is 0 Å². The Balaban J connectivity index is 1.87. The standard InChI is InChI=1S/C17H28N2/c1-4-5-6-10-18-11-13-19(14-12-18)17-9-7-8-15(2)16(17)3/h7-9H,4-6,10-14H2,1-3H3.